The number of carbonyl (C=O) groups is 1. The summed E-state index contributed by atoms with van der Waals surface area (Å²) in [6.07, 6.45) is 5.71. The van der Waals surface area contributed by atoms with Crippen LogP contribution in [0.4, 0.5) is 0 Å². The summed E-state index contributed by atoms with van der Waals surface area (Å²) in [4.78, 5) is 18.7. The molecule has 0 bridgehead atoms. The van der Waals surface area contributed by atoms with E-state index in [9.17, 15) is 4.79 Å². The van der Waals surface area contributed by atoms with E-state index in [4.69, 9.17) is 0 Å². The summed E-state index contributed by atoms with van der Waals surface area (Å²) in [5.41, 5.74) is 0.0748. The van der Waals surface area contributed by atoms with Crippen molar-refractivity contribution in [3.8, 4) is 0 Å². The predicted molar refractivity (Wildman–Crippen MR) is 74.6 cm³/mol. The molecule has 1 aromatic heterocycles. The number of hydrogen-bond donors (Lipinski definition) is 0. The normalized spacial score (nSPS) is 15.7. The van der Waals surface area contributed by atoms with Crippen LogP contribution in [0.5, 0.6) is 0 Å². The first-order chi connectivity index (χ1) is 8.46. The summed E-state index contributed by atoms with van der Waals surface area (Å²) in [7, 11) is 0. The van der Waals surface area contributed by atoms with Crippen LogP contribution in [-0.2, 0) is 11.2 Å². The quantitative estimate of drug-likeness (QED) is 0.820. The zero-order chi connectivity index (χ0) is 13.2. The van der Waals surface area contributed by atoms with E-state index in [1.165, 1.54) is 12.8 Å². The summed E-state index contributed by atoms with van der Waals surface area (Å²) in [5, 5.41) is 3.12. The van der Waals surface area contributed by atoms with Gasteiger partial charge in [0, 0.05) is 37.0 Å². The van der Waals surface area contributed by atoms with Crippen LogP contribution >= 0.6 is 11.3 Å². The second-order valence-electron chi connectivity index (χ2n) is 6.23. The molecule has 0 spiro atoms. The van der Waals surface area contributed by atoms with E-state index in [1.54, 1.807) is 11.3 Å². The molecule has 0 unspecified atom stereocenters. The number of amides is 1. The molecule has 1 heterocycles. The van der Waals surface area contributed by atoms with Gasteiger partial charge in [-0.3, -0.25) is 4.79 Å². The number of nitrogens with zero attached hydrogens (tertiary/aromatic N) is 2. The highest BCUT2D eigenvalue weighted by Crippen LogP contribution is 2.30. The van der Waals surface area contributed by atoms with Gasteiger partial charge >= 0.3 is 0 Å². The molecule has 1 aliphatic carbocycles. The molecule has 1 fully saturated rings. The summed E-state index contributed by atoms with van der Waals surface area (Å²) in [5.74, 6) is 0.307. The van der Waals surface area contributed by atoms with Gasteiger partial charge in [0.25, 0.3) is 0 Å². The van der Waals surface area contributed by atoms with E-state index < -0.39 is 0 Å². The Morgan fingerprint density at radius 1 is 1.50 bits per heavy atom. The van der Waals surface area contributed by atoms with Crippen molar-refractivity contribution in [2.45, 2.75) is 52.5 Å². The lowest BCUT2D eigenvalue weighted by atomic mass is 9.91. The highest BCUT2D eigenvalue weighted by Gasteiger charge is 2.33. The molecule has 0 saturated heterocycles. The average molecular weight is 266 g/mol. The molecule has 0 aromatic carbocycles. The Hall–Kier alpha value is -0.900. The largest absolute Gasteiger partial charge is 0.339 e. The maximum Gasteiger partial charge on any atom is 0.223 e. The Morgan fingerprint density at radius 3 is 2.72 bits per heavy atom. The third-order valence-electron chi connectivity index (χ3n) is 3.04. The molecule has 0 aliphatic heterocycles. The van der Waals surface area contributed by atoms with Gasteiger partial charge in [0.05, 0.1) is 5.01 Å². The first-order valence-corrected chi connectivity index (χ1v) is 7.51. The van der Waals surface area contributed by atoms with Gasteiger partial charge in [0.2, 0.25) is 5.91 Å². The van der Waals surface area contributed by atoms with Crippen LogP contribution in [0.3, 0.4) is 0 Å². The van der Waals surface area contributed by atoms with Gasteiger partial charge in [-0.15, -0.1) is 11.3 Å². The van der Waals surface area contributed by atoms with Crippen LogP contribution in [-0.4, -0.2) is 28.4 Å². The second kappa shape index (κ2) is 5.39. The summed E-state index contributed by atoms with van der Waals surface area (Å²) >= 11 is 1.67. The van der Waals surface area contributed by atoms with Gasteiger partial charge in [0.15, 0.2) is 0 Å². The fraction of sp³-hybridized carbons (Fsp3) is 0.714. The first kappa shape index (κ1) is 13.5. The van der Waals surface area contributed by atoms with Crippen molar-refractivity contribution in [2.75, 3.05) is 6.54 Å². The topological polar surface area (TPSA) is 33.2 Å². The summed E-state index contributed by atoms with van der Waals surface area (Å²) < 4.78 is 0. The first-order valence-electron chi connectivity index (χ1n) is 6.63. The molecular weight excluding hydrogens is 244 g/mol. The Labute approximate surface area is 113 Å². The van der Waals surface area contributed by atoms with E-state index in [1.807, 2.05) is 11.6 Å². The van der Waals surface area contributed by atoms with Crippen LogP contribution in [0.15, 0.2) is 11.6 Å². The van der Waals surface area contributed by atoms with Gasteiger partial charge < -0.3 is 4.90 Å². The van der Waals surface area contributed by atoms with E-state index in [0.717, 1.165) is 18.0 Å². The molecule has 2 rings (SSSR count). The molecule has 100 valence electrons. The lowest BCUT2D eigenvalue weighted by Crippen LogP contribution is -2.36. The molecule has 1 amide bonds. The minimum Gasteiger partial charge on any atom is -0.339 e. The maximum absolute atomic E-state index is 12.3. The van der Waals surface area contributed by atoms with Crippen molar-refractivity contribution in [1.82, 2.24) is 9.88 Å². The molecule has 18 heavy (non-hydrogen) atoms. The molecule has 0 atom stereocenters. The van der Waals surface area contributed by atoms with E-state index in [-0.39, 0.29) is 5.41 Å². The van der Waals surface area contributed by atoms with Crippen LogP contribution in [0, 0.1) is 5.41 Å². The Balaban J connectivity index is 1.89. The smallest absolute Gasteiger partial charge is 0.223 e. The zero-order valence-electron chi connectivity index (χ0n) is 11.5. The van der Waals surface area contributed by atoms with Gasteiger partial charge in [-0.1, -0.05) is 20.8 Å². The Morgan fingerprint density at radius 2 is 2.22 bits per heavy atom. The van der Waals surface area contributed by atoms with Crippen molar-refractivity contribution in [1.29, 1.82) is 0 Å². The molecule has 0 N–H and O–H groups in total. The fourth-order valence-electron chi connectivity index (χ4n) is 2.04. The second-order valence-corrected chi connectivity index (χ2v) is 7.21. The van der Waals surface area contributed by atoms with Crippen LogP contribution in [0.1, 0.15) is 45.0 Å². The van der Waals surface area contributed by atoms with Crippen molar-refractivity contribution in [3.05, 3.63) is 16.6 Å². The molecule has 1 saturated carbocycles. The van der Waals surface area contributed by atoms with Crippen LogP contribution in [0.2, 0.25) is 0 Å². The van der Waals surface area contributed by atoms with Crippen LogP contribution < -0.4 is 0 Å². The average Bonchev–Trinajstić information content (AvgIpc) is 2.92. The van der Waals surface area contributed by atoms with Gasteiger partial charge in [-0.05, 0) is 18.3 Å². The minimum atomic E-state index is 0.0748. The van der Waals surface area contributed by atoms with E-state index >= 15 is 0 Å². The Kier molecular flexibility index (Phi) is 4.05. The van der Waals surface area contributed by atoms with Gasteiger partial charge in [0.1, 0.15) is 0 Å². The lowest BCUT2D eigenvalue weighted by molar-refractivity contribution is -0.133. The molecule has 1 aromatic rings. The molecule has 1 aliphatic rings. The van der Waals surface area contributed by atoms with Crippen molar-refractivity contribution in [2.24, 2.45) is 5.41 Å². The van der Waals surface area contributed by atoms with Gasteiger partial charge in [-0.2, -0.15) is 0 Å². The summed E-state index contributed by atoms with van der Waals surface area (Å²) in [6.45, 7) is 7.19. The van der Waals surface area contributed by atoms with Crippen molar-refractivity contribution >= 4 is 17.2 Å². The minimum absolute atomic E-state index is 0.0748. The molecular formula is C14H22N2OS. The molecule has 0 radical (unpaired) electrons. The predicted octanol–water partition coefficient (Wildman–Crippen LogP) is 3.11. The number of hydrogen-bond acceptors (Lipinski definition) is 3. The third kappa shape index (κ3) is 4.09. The van der Waals surface area contributed by atoms with Crippen molar-refractivity contribution < 1.29 is 4.79 Å². The SMILES string of the molecule is CC(C)(C)CC(=O)N(CCc1nccs1)C1CC1. The number of rotatable bonds is 5. The molecule has 4 heteroatoms. The fourth-order valence-corrected chi connectivity index (χ4v) is 2.65. The third-order valence-corrected chi connectivity index (χ3v) is 3.88. The van der Waals surface area contributed by atoms with Crippen LogP contribution in [0.25, 0.3) is 0 Å². The van der Waals surface area contributed by atoms with E-state index in [0.29, 0.717) is 18.4 Å². The van der Waals surface area contributed by atoms with E-state index in [2.05, 4.69) is 30.7 Å². The zero-order valence-corrected chi connectivity index (χ0v) is 12.3. The monoisotopic (exact) mass is 266 g/mol. The number of aromatic nitrogens is 1. The standard InChI is InChI=1S/C14H22N2OS/c1-14(2,3)10-13(17)16(11-4-5-11)8-6-12-15-7-9-18-12/h7,9,11H,4-6,8,10H2,1-3H3. The summed E-state index contributed by atoms with van der Waals surface area (Å²) in [6, 6.07) is 0.500. The van der Waals surface area contributed by atoms with Gasteiger partial charge in [-0.25, -0.2) is 4.98 Å². The number of carbonyl (C=O) groups excluding carboxylic acids is 1. The van der Waals surface area contributed by atoms with Crippen molar-refractivity contribution in [3.63, 3.8) is 0 Å². The Bertz CT molecular complexity index is 390. The lowest BCUT2D eigenvalue weighted by Gasteiger charge is -2.26. The number of thiazole rings is 1. The highest BCUT2D eigenvalue weighted by molar-refractivity contribution is 7.09. The maximum atomic E-state index is 12.3. The highest BCUT2D eigenvalue weighted by atomic mass is 32.1. The molecule has 3 nitrogen and oxygen atoms in total.